The average molecular weight is 157 g/mol. The van der Waals surface area contributed by atoms with Crippen molar-refractivity contribution in [2.75, 3.05) is 0 Å². The number of hydrogen-bond acceptors (Lipinski definition) is 2. The van der Waals surface area contributed by atoms with Crippen molar-refractivity contribution in [2.45, 2.75) is 39.0 Å². The lowest BCUT2D eigenvalue weighted by Crippen LogP contribution is -2.12. The van der Waals surface area contributed by atoms with E-state index in [4.69, 9.17) is 5.73 Å². The minimum atomic E-state index is -0.394. The summed E-state index contributed by atoms with van der Waals surface area (Å²) >= 11 is 0. The van der Waals surface area contributed by atoms with Crippen LogP contribution in [0.25, 0.3) is 0 Å². The standard InChI is InChI=1S/C8H15NO2/c1-2-3-4-7(10)5-6-8(9)11/h2-6H2,1H3,(H2,9,11). The highest BCUT2D eigenvalue weighted by molar-refractivity contribution is 5.84. The molecule has 3 heteroatoms. The van der Waals surface area contributed by atoms with Gasteiger partial charge in [-0.05, 0) is 6.42 Å². The second-order valence-corrected chi connectivity index (χ2v) is 2.61. The van der Waals surface area contributed by atoms with Gasteiger partial charge in [-0.2, -0.15) is 0 Å². The second kappa shape index (κ2) is 5.89. The van der Waals surface area contributed by atoms with Gasteiger partial charge in [-0.1, -0.05) is 13.3 Å². The van der Waals surface area contributed by atoms with Gasteiger partial charge in [0, 0.05) is 19.3 Å². The molecule has 3 nitrogen and oxygen atoms in total. The molecule has 0 rings (SSSR count). The maximum atomic E-state index is 10.9. The Hall–Kier alpha value is -0.860. The molecule has 0 aliphatic heterocycles. The first-order valence-electron chi connectivity index (χ1n) is 3.96. The van der Waals surface area contributed by atoms with Gasteiger partial charge in [0.05, 0.1) is 0 Å². The molecule has 0 fully saturated rings. The third kappa shape index (κ3) is 7.03. The van der Waals surface area contributed by atoms with Crippen LogP contribution in [0.4, 0.5) is 0 Å². The second-order valence-electron chi connectivity index (χ2n) is 2.61. The van der Waals surface area contributed by atoms with E-state index >= 15 is 0 Å². The van der Waals surface area contributed by atoms with Crippen LogP contribution < -0.4 is 5.73 Å². The zero-order chi connectivity index (χ0) is 8.69. The molecule has 0 atom stereocenters. The van der Waals surface area contributed by atoms with Crippen LogP contribution in [0.1, 0.15) is 39.0 Å². The van der Waals surface area contributed by atoms with Gasteiger partial charge in [-0.25, -0.2) is 0 Å². The first kappa shape index (κ1) is 10.1. The Bertz CT molecular complexity index is 143. The van der Waals surface area contributed by atoms with Crippen LogP contribution in [0.3, 0.4) is 0 Å². The predicted octanol–water partition coefficient (Wildman–Crippen LogP) is 1.01. The molecule has 0 aromatic heterocycles. The fourth-order valence-electron chi connectivity index (χ4n) is 0.762. The molecule has 0 aliphatic carbocycles. The number of unbranched alkanes of at least 4 members (excludes halogenated alkanes) is 1. The van der Waals surface area contributed by atoms with Gasteiger partial charge in [0.15, 0.2) is 0 Å². The molecule has 0 saturated heterocycles. The zero-order valence-corrected chi connectivity index (χ0v) is 6.93. The Kier molecular flexibility index (Phi) is 5.43. The molecule has 11 heavy (non-hydrogen) atoms. The summed E-state index contributed by atoms with van der Waals surface area (Å²) in [5.41, 5.74) is 4.88. The third-order valence-electron chi connectivity index (χ3n) is 1.46. The van der Waals surface area contributed by atoms with Gasteiger partial charge in [-0.15, -0.1) is 0 Å². The number of nitrogens with two attached hydrogens (primary N) is 1. The van der Waals surface area contributed by atoms with Gasteiger partial charge in [-0.3, -0.25) is 9.59 Å². The topological polar surface area (TPSA) is 60.2 Å². The fraction of sp³-hybridized carbons (Fsp3) is 0.750. The average Bonchev–Trinajstić information content (AvgIpc) is 1.97. The summed E-state index contributed by atoms with van der Waals surface area (Å²) in [6.07, 6.45) is 3.03. The van der Waals surface area contributed by atoms with Crippen LogP contribution in [0.15, 0.2) is 0 Å². The molecule has 0 spiro atoms. The molecule has 0 heterocycles. The van der Waals surface area contributed by atoms with Gasteiger partial charge >= 0.3 is 0 Å². The zero-order valence-electron chi connectivity index (χ0n) is 6.93. The monoisotopic (exact) mass is 157 g/mol. The first-order valence-corrected chi connectivity index (χ1v) is 3.96. The SMILES string of the molecule is CCCCC(=O)CCC(N)=O. The van der Waals surface area contributed by atoms with Crippen molar-refractivity contribution in [3.05, 3.63) is 0 Å². The summed E-state index contributed by atoms with van der Waals surface area (Å²) in [7, 11) is 0. The normalized spacial score (nSPS) is 9.55. The Balaban J connectivity index is 3.30. The summed E-state index contributed by atoms with van der Waals surface area (Å²) in [4.78, 5) is 21.1. The maximum absolute atomic E-state index is 10.9. The van der Waals surface area contributed by atoms with Gasteiger partial charge in [0.25, 0.3) is 0 Å². The number of carbonyl (C=O) groups is 2. The van der Waals surface area contributed by atoms with E-state index in [1.165, 1.54) is 0 Å². The predicted molar refractivity (Wildman–Crippen MR) is 43.0 cm³/mol. The van der Waals surface area contributed by atoms with Crippen molar-refractivity contribution in [1.29, 1.82) is 0 Å². The lowest BCUT2D eigenvalue weighted by atomic mass is 10.1. The number of amides is 1. The first-order chi connectivity index (χ1) is 5.16. The van der Waals surface area contributed by atoms with Crippen molar-refractivity contribution in [1.82, 2.24) is 0 Å². The van der Waals surface area contributed by atoms with Crippen LogP contribution in [-0.2, 0) is 9.59 Å². The highest BCUT2D eigenvalue weighted by Gasteiger charge is 2.02. The van der Waals surface area contributed by atoms with Crippen molar-refractivity contribution in [3.63, 3.8) is 0 Å². The van der Waals surface area contributed by atoms with Crippen molar-refractivity contribution in [2.24, 2.45) is 5.73 Å². The number of hydrogen-bond donors (Lipinski definition) is 1. The van der Waals surface area contributed by atoms with Crippen molar-refractivity contribution < 1.29 is 9.59 Å². The van der Waals surface area contributed by atoms with E-state index in [0.717, 1.165) is 12.8 Å². The molecule has 2 N–H and O–H groups in total. The Morgan fingerprint density at radius 1 is 1.18 bits per heavy atom. The molecule has 0 radical (unpaired) electrons. The summed E-state index contributed by atoms with van der Waals surface area (Å²) in [6.45, 7) is 2.03. The van der Waals surface area contributed by atoms with Crippen LogP contribution in [0, 0.1) is 0 Å². The number of carbonyl (C=O) groups excluding carboxylic acids is 2. The quantitative estimate of drug-likeness (QED) is 0.625. The Labute approximate surface area is 67.0 Å². The molecule has 0 aromatic carbocycles. The number of primary amides is 1. The van der Waals surface area contributed by atoms with Crippen LogP contribution >= 0.6 is 0 Å². The Morgan fingerprint density at radius 3 is 2.27 bits per heavy atom. The molecule has 0 aromatic rings. The van der Waals surface area contributed by atoms with E-state index in [9.17, 15) is 9.59 Å². The van der Waals surface area contributed by atoms with Crippen LogP contribution in [0.5, 0.6) is 0 Å². The number of Topliss-reactive ketones (excluding diaryl/α,β-unsaturated/α-hetero) is 1. The minimum Gasteiger partial charge on any atom is -0.370 e. The minimum absolute atomic E-state index is 0.144. The molecule has 0 bridgehead atoms. The molecule has 0 saturated carbocycles. The van der Waals surface area contributed by atoms with E-state index in [1.54, 1.807) is 0 Å². The van der Waals surface area contributed by atoms with Crippen LogP contribution in [-0.4, -0.2) is 11.7 Å². The molecule has 64 valence electrons. The molecule has 0 unspecified atom stereocenters. The van der Waals surface area contributed by atoms with E-state index in [0.29, 0.717) is 12.8 Å². The molecular weight excluding hydrogens is 142 g/mol. The largest absolute Gasteiger partial charge is 0.370 e. The molecular formula is C8H15NO2. The van der Waals surface area contributed by atoms with E-state index in [-0.39, 0.29) is 12.2 Å². The highest BCUT2D eigenvalue weighted by Crippen LogP contribution is 2.00. The summed E-state index contributed by atoms with van der Waals surface area (Å²) in [6, 6.07) is 0. The van der Waals surface area contributed by atoms with E-state index in [1.807, 2.05) is 6.92 Å². The Morgan fingerprint density at radius 2 is 1.82 bits per heavy atom. The van der Waals surface area contributed by atoms with Crippen molar-refractivity contribution in [3.8, 4) is 0 Å². The lowest BCUT2D eigenvalue weighted by molar-refractivity contribution is -0.123. The number of ketones is 1. The van der Waals surface area contributed by atoms with E-state index in [2.05, 4.69) is 0 Å². The third-order valence-corrected chi connectivity index (χ3v) is 1.46. The smallest absolute Gasteiger partial charge is 0.217 e. The van der Waals surface area contributed by atoms with Crippen LogP contribution in [0.2, 0.25) is 0 Å². The maximum Gasteiger partial charge on any atom is 0.217 e. The van der Waals surface area contributed by atoms with Gasteiger partial charge in [0.1, 0.15) is 5.78 Å². The fourth-order valence-corrected chi connectivity index (χ4v) is 0.762. The van der Waals surface area contributed by atoms with E-state index < -0.39 is 5.91 Å². The molecule has 0 aliphatic rings. The number of rotatable bonds is 6. The van der Waals surface area contributed by atoms with Gasteiger partial charge in [0.2, 0.25) is 5.91 Å². The summed E-state index contributed by atoms with van der Waals surface area (Å²) in [5, 5.41) is 0. The van der Waals surface area contributed by atoms with Gasteiger partial charge < -0.3 is 5.73 Å². The highest BCUT2D eigenvalue weighted by atomic mass is 16.1. The molecule has 1 amide bonds. The lowest BCUT2D eigenvalue weighted by Gasteiger charge is -1.95. The van der Waals surface area contributed by atoms with Crippen molar-refractivity contribution >= 4 is 11.7 Å². The summed E-state index contributed by atoms with van der Waals surface area (Å²) in [5.74, 6) is -0.250. The summed E-state index contributed by atoms with van der Waals surface area (Å²) < 4.78 is 0.